The molecule has 0 aromatic carbocycles. The molecule has 2 aromatic rings. The monoisotopic (exact) mass is 234 g/mol. The third-order valence-electron chi connectivity index (χ3n) is 2.10. The number of nitrogens with one attached hydrogen (secondary N) is 1. The standard InChI is InChI=1S/C10H10N4O3/c1-2-11-10-9(14(15)16)8(12-6-13-10)7-4-3-5-17-7/h3-6H,2H2,1H3,(H,11,12,13). The maximum Gasteiger partial charge on any atom is 0.340 e. The van der Waals surface area contributed by atoms with Gasteiger partial charge in [-0.2, -0.15) is 0 Å². The molecule has 7 nitrogen and oxygen atoms in total. The summed E-state index contributed by atoms with van der Waals surface area (Å²) in [5, 5.41) is 13.9. The third-order valence-corrected chi connectivity index (χ3v) is 2.10. The molecular formula is C10H10N4O3. The van der Waals surface area contributed by atoms with Crippen molar-refractivity contribution < 1.29 is 9.34 Å². The van der Waals surface area contributed by atoms with Gasteiger partial charge in [-0.05, 0) is 19.1 Å². The van der Waals surface area contributed by atoms with Gasteiger partial charge in [-0.3, -0.25) is 10.1 Å². The zero-order chi connectivity index (χ0) is 12.3. The molecule has 0 unspecified atom stereocenters. The van der Waals surface area contributed by atoms with Crippen LogP contribution in [-0.2, 0) is 0 Å². The summed E-state index contributed by atoms with van der Waals surface area (Å²) < 4.78 is 5.12. The molecule has 0 aliphatic carbocycles. The summed E-state index contributed by atoms with van der Waals surface area (Å²) in [6.45, 7) is 2.37. The van der Waals surface area contributed by atoms with E-state index in [1.165, 1.54) is 12.6 Å². The number of nitro groups is 1. The average Bonchev–Trinajstić information content (AvgIpc) is 2.82. The Morgan fingerprint density at radius 3 is 2.94 bits per heavy atom. The molecule has 0 bridgehead atoms. The summed E-state index contributed by atoms with van der Waals surface area (Å²) in [5.74, 6) is 0.539. The molecule has 0 saturated heterocycles. The van der Waals surface area contributed by atoms with Crippen LogP contribution in [0.5, 0.6) is 0 Å². The largest absolute Gasteiger partial charge is 0.462 e. The minimum atomic E-state index is -0.518. The summed E-state index contributed by atoms with van der Waals surface area (Å²) in [4.78, 5) is 18.3. The molecule has 88 valence electrons. The van der Waals surface area contributed by atoms with E-state index in [1.807, 2.05) is 6.92 Å². The SMILES string of the molecule is CCNc1ncnc(-c2ccco2)c1[N+](=O)[O-]. The van der Waals surface area contributed by atoms with Crippen LogP contribution in [-0.4, -0.2) is 21.4 Å². The normalized spacial score (nSPS) is 10.2. The van der Waals surface area contributed by atoms with Crippen molar-refractivity contribution in [3.63, 3.8) is 0 Å². The number of hydrogen-bond acceptors (Lipinski definition) is 6. The Bertz CT molecular complexity index is 524. The lowest BCUT2D eigenvalue weighted by molar-refractivity contribution is -0.383. The van der Waals surface area contributed by atoms with Crippen LogP contribution in [0.4, 0.5) is 11.5 Å². The Labute approximate surface area is 96.7 Å². The predicted octanol–water partition coefficient (Wildman–Crippen LogP) is 2.08. The second-order valence-electron chi connectivity index (χ2n) is 3.18. The number of hydrogen-bond donors (Lipinski definition) is 1. The van der Waals surface area contributed by atoms with Gasteiger partial charge < -0.3 is 9.73 Å². The Morgan fingerprint density at radius 2 is 2.35 bits per heavy atom. The van der Waals surface area contributed by atoms with E-state index >= 15 is 0 Å². The fourth-order valence-corrected chi connectivity index (χ4v) is 1.44. The molecule has 2 rings (SSSR count). The Hall–Kier alpha value is -2.44. The highest BCUT2D eigenvalue weighted by Crippen LogP contribution is 2.32. The lowest BCUT2D eigenvalue weighted by atomic mass is 10.2. The highest BCUT2D eigenvalue weighted by atomic mass is 16.6. The molecule has 0 radical (unpaired) electrons. The molecule has 7 heteroatoms. The summed E-state index contributed by atoms with van der Waals surface area (Å²) in [5.41, 5.74) is -0.00440. The molecule has 0 amide bonds. The number of aromatic nitrogens is 2. The van der Waals surface area contributed by atoms with Crippen molar-refractivity contribution in [2.75, 3.05) is 11.9 Å². The molecule has 0 aliphatic rings. The molecule has 2 aromatic heterocycles. The van der Waals surface area contributed by atoms with Gasteiger partial charge in [0.2, 0.25) is 5.82 Å². The fourth-order valence-electron chi connectivity index (χ4n) is 1.44. The summed E-state index contributed by atoms with van der Waals surface area (Å²) in [6, 6.07) is 3.26. The molecule has 17 heavy (non-hydrogen) atoms. The van der Waals surface area contributed by atoms with Crippen LogP contribution >= 0.6 is 0 Å². The third kappa shape index (κ3) is 2.07. The fraction of sp³-hybridized carbons (Fsp3) is 0.200. The van der Waals surface area contributed by atoms with Crippen molar-refractivity contribution in [1.82, 2.24) is 9.97 Å². The molecule has 0 spiro atoms. The average molecular weight is 234 g/mol. The van der Waals surface area contributed by atoms with Gasteiger partial charge in [0.05, 0.1) is 11.2 Å². The summed E-state index contributed by atoms with van der Waals surface area (Å²) in [7, 11) is 0. The van der Waals surface area contributed by atoms with Crippen molar-refractivity contribution in [1.29, 1.82) is 0 Å². The van der Waals surface area contributed by atoms with Crippen LogP contribution in [0.2, 0.25) is 0 Å². The maximum atomic E-state index is 11.1. The molecule has 0 aliphatic heterocycles. The van der Waals surface area contributed by atoms with E-state index in [0.29, 0.717) is 12.3 Å². The van der Waals surface area contributed by atoms with E-state index in [4.69, 9.17) is 4.42 Å². The smallest absolute Gasteiger partial charge is 0.340 e. The van der Waals surface area contributed by atoms with Crippen LogP contribution < -0.4 is 5.32 Å². The Balaban J connectivity index is 2.59. The van der Waals surface area contributed by atoms with Gasteiger partial charge in [0.15, 0.2) is 11.5 Å². The Kier molecular flexibility index (Phi) is 2.99. The van der Waals surface area contributed by atoms with Crippen LogP contribution in [0, 0.1) is 10.1 Å². The molecular weight excluding hydrogens is 224 g/mol. The predicted molar refractivity (Wildman–Crippen MR) is 60.6 cm³/mol. The van der Waals surface area contributed by atoms with E-state index in [1.54, 1.807) is 12.1 Å². The number of furan rings is 1. The highest BCUT2D eigenvalue weighted by Gasteiger charge is 2.24. The molecule has 2 heterocycles. The first-order valence-corrected chi connectivity index (χ1v) is 5.01. The van der Waals surface area contributed by atoms with E-state index in [-0.39, 0.29) is 17.2 Å². The first-order chi connectivity index (χ1) is 8.24. The van der Waals surface area contributed by atoms with Gasteiger partial charge in [0.25, 0.3) is 0 Å². The van der Waals surface area contributed by atoms with Gasteiger partial charge in [-0.25, -0.2) is 9.97 Å². The van der Waals surface area contributed by atoms with Crippen LogP contribution in [0.15, 0.2) is 29.1 Å². The quantitative estimate of drug-likeness (QED) is 0.642. The highest BCUT2D eigenvalue weighted by molar-refractivity contribution is 5.73. The van der Waals surface area contributed by atoms with Crippen LogP contribution in [0.25, 0.3) is 11.5 Å². The minimum absolute atomic E-state index is 0.172. The van der Waals surface area contributed by atoms with Gasteiger partial charge in [0, 0.05) is 6.54 Å². The van der Waals surface area contributed by atoms with Crippen molar-refractivity contribution >= 4 is 11.5 Å². The van der Waals surface area contributed by atoms with Crippen molar-refractivity contribution in [2.24, 2.45) is 0 Å². The Morgan fingerprint density at radius 1 is 1.53 bits per heavy atom. The lowest BCUT2D eigenvalue weighted by Gasteiger charge is -2.04. The molecule has 0 atom stereocenters. The van der Waals surface area contributed by atoms with E-state index in [0.717, 1.165) is 0 Å². The van der Waals surface area contributed by atoms with E-state index in [9.17, 15) is 10.1 Å². The molecule has 1 N–H and O–H groups in total. The number of anilines is 1. The second-order valence-corrected chi connectivity index (χ2v) is 3.18. The van der Waals surface area contributed by atoms with Gasteiger partial charge in [-0.15, -0.1) is 0 Å². The summed E-state index contributed by atoms with van der Waals surface area (Å²) >= 11 is 0. The zero-order valence-electron chi connectivity index (χ0n) is 9.08. The zero-order valence-corrected chi connectivity index (χ0v) is 9.08. The minimum Gasteiger partial charge on any atom is -0.462 e. The summed E-state index contributed by atoms with van der Waals surface area (Å²) in [6.07, 6.45) is 2.71. The van der Waals surface area contributed by atoms with Gasteiger partial charge >= 0.3 is 5.69 Å². The van der Waals surface area contributed by atoms with Crippen LogP contribution in [0.3, 0.4) is 0 Å². The molecule has 0 fully saturated rings. The second kappa shape index (κ2) is 4.60. The number of nitrogens with zero attached hydrogens (tertiary/aromatic N) is 3. The first-order valence-electron chi connectivity index (χ1n) is 5.01. The van der Waals surface area contributed by atoms with Crippen molar-refractivity contribution in [3.05, 3.63) is 34.8 Å². The van der Waals surface area contributed by atoms with Crippen LogP contribution in [0.1, 0.15) is 6.92 Å². The van der Waals surface area contributed by atoms with Gasteiger partial charge in [0.1, 0.15) is 6.33 Å². The van der Waals surface area contributed by atoms with Crippen molar-refractivity contribution in [3.8, 4) is 11.5 Å². The van der Waals surface area contributed by atoms with E-state index in [2.05, 4.69) is 15.3 Å². The maximum absolute atomic E-state index is 11.1. The first kappa shape index (κ1) is 11.1. The topological polar surface area (TPSA) is 94.1 Å². The number of rotatable bonds is 4. The van der Waals surface area contributed by atoms with Crippen molar-refractivity contribution in [2.45, 2.75) is 6.92 Å². The lowest BCUT2D eigenvalue weighted by Crippen LogP contribution is -2.05. The van der Waals surface area contributed by atoms with E-state index < -0.39 is 4.92 Å². The molecule has 0 saturated carbocycles. The van der Waals surface area contributed by atoms with Gasteiger partial charge in [-0.1, -0.05) is 0 Å².